The molecule has 0 saturated carbocycles. The summed E-state index contributed by atoms with van der Waals surface area (Å²) in [7, 11) is 1.62. The van der Waals surface area contributed by atoms with Crippen LogP contribution in [0.5, 0.6) is 0 Å². The Bertz CT molecular complexity index is 717. The van der Waals surface area contributed by atoms with Crippen molar-refractivity contribution < 1.29 is 9.53 Å². The zero-order chi connectivity index (χ0) is 16.1. The molecule has 0 spiro atoms. The van der Waals surface area contributed by atoms with Gasteiger partial charge in [-0.25, -0.2) is 0 Å². The van der Waals surface area contributed by atoms with Crippen molar-refractivity contribution in [3.8, 4) is 0 Å². The number of carbonyl (C=O) groups excluding carboxylic acids is 1. The molecular weight excluding hydrogens is 284 g/mol. The Morgan fingerprint density at radius 3 is 2.91 bits per heavy atom. The molecule has 7 heteroatoms. The van der Waals surface area contributed by atoms with Gasteiger partial charge in [-0.15, -0.1) is 0 Å². The Balaban J connectivity index is 2.17. The average molecular weight is 306 g/mol. The summed E-state index contributed by atoms with van der Waals surface area (Å²) in [5.74, 6) is -0.183. The average Bonchev–Trinajstić information content (AvgIpc) is 2.83. The maximum atomic E-state index is 12.5. The van der Waals surface area contributed by atoms with Gasteiger partial charge in [0.05, 0.1) is 5.69 Å². The summed E-state index contributed by atoms with van der Waals surface area (Å²) in [6, 6.07) is 1.84. The largest absolute Gasteiger partial charge is 0.385 e. The molecule has 0 saturated heterocycles. The number of pyridine rings is 1. The standard InChI is InChI=1S/C15H22N4O3/c1-4-19-14-12(11(2)17-19)6-8-18(15(14)21)10-13(20)16-7-5-9-22-3/h6,8H,4-5,7,9-10H2,1-3H3,(H,16,20). The highest BCUT2D eigenvalue weighted by Gasteiger charge is 2.13. The van der Waals surface area contributed by atoms with Crippen LogP contribution in [0, 0.1) is 6.92 Å². The van der Waals surface area contributed by atoms with Crippen molar-refractivity contribution in [1.29, 1.82) is 0 Å². The van der Waals surface area contributed by atoms with Crippen LogP contribution in [-0.4, -0.2) is 40.5 Å². The molecule has 2 aromatic rings. The molecule has 0 aromatic carbocycles. The molecule has 1 N–H and O–H groups in total. The van der Waals surface area contributed by atoms with Gasteiger partial charge in [0.15, 0.2) is 0 Å². The molecule has 0 aliphatic rings. The predicted molar refractivity (Wildman–Crippen MR) is 83.9 cm³/mol. The summed E-state index contributed by atoms with van der Waals surface area (Å²) in [6.07, 6.45) is 2.39. The van der Waals surface area contributed by atoms with E-state index < -0.39 is 0 Å². The normalized spacial score (nSPS) is 11.0. The summed E-state index contributed by atoms with van der Waals surface area (Å²) in [4.78, 5) is 24.4. The van der Waals surface area contributed by atoms with E-state index in [-0.39, 0.29) is 18.0 Å². The van der Waals surface area contributed by atoms with E-state index in [2.05, 4.69) is 10.4 Å². The number of aromatic nitrogens is 3. The van der Waals surface area contributed by atoms with Crippen LogP contribution in [0.1, 0.15) is 19.0 Å². The number of hydrogen-bond acceptors (Lipinski definition) is 4. The van der Waals surface area contributed by atoms with E-state index in [1.54, 1.807) is 18.0 Å². The molecule has 0 aliphatic carbocycles. The number of nitrogens with one attached hydrogen (secondary N) is 1. The number of ether oxygens (including phenoxy) is 1. The van der Waals surface area contributed by atoms with E-state index in [9.17, 15) is 9.59 Å². The minimum absolute atomic E-state index is 0.00962. The van der Waals surface area contributed by atoms with Gasteiger partial charge in [0.25, 0.3) is 5.56 Å². The monoisotopic (exact) mass is 306 g/mol. The smallest absolute Gasteiger partial charge is 0.277 e. The Labute approximate surface area is 128 Å². The second kappa shape index (κ2) is 7.22. The molecule has 22 heavy (non-hydrogen) atoms. The van der Waals surface area contributed by atoms with Crippen molar-refractivity contribution in [2.45, 2.75) is 33.4 Å². The van der Waals surface area contributed by atoms with Crippen LogP contribution in [0.15, 0.2) is 17.1 Å². The highest BCUT2D eigenvalue weighted by atomic mass is 16.5. The van der Waals surface area contributed by atoms with Gasteiger partial charge in [0.1, 0.15) is 12.1 Å². The molecule has 2 aromatic heterocycles. The first-order chi connectivity index (χ1) is 10.6. The quantitative estimate of drug-likeness (QED) is 0.763. The van der Waals surface area contributed by atoms with Crippen molar-refractivity contribution in [1.82, 2.24) is 19.7 Å². The Hall–Kier alpha value is -2.15. The zero-order valence-corrected chi connectivity index (χ0v) is 13.3. The number of fused-ring (bicyclic) bond motifs is 1. The summed E-state index contributed by atoms with van der Waals surface area (Å²) in [6.45, 7) is 5.57. The van der Waals surface area contributed by atoms with E-state index in [1.165, 1.54) is 4.57 Å². The SMILES string of the molecule is CCn1nc(C)c2ccn(CC(=O)NCCCOC)c(=O)c21. The maximum Gasteiger partial charge on any atom is 0.277 e. The number of aryl methyl sites for hydroxylation is 2. The van der Waals surface area contributed by atoms with Crippen LogP contribution in [0.3, 0.4) is 0 Å². The number of carbonyl (C=O) groups is 1. The van der Waals surface area contributed by atoms with Gasteiger partial charge in [-0.2, -0.15) is 5.10 Å². The van der Waals surface area contributed by atoms with Crippen molar-refractivity contribution in [3.63, 3.8) is 0 Å². The molecule has 0 bridgehead atoms. The third kappa shape index (κ3) is 3.36. The summed E-state index contributed by atoms with van der Waals surface area (Å²) >= 11 is 0. The molecule has 0 radical (unpaired) electrons. The highest BCUT2D eigenvalue weighted by Crippen LogP contribution is 2.13. The third-order valence-electron chi connectivity index (χ3n) is 3.52. The first kappa shape index (κ1) is 16.2. The lowest BCUT2D eigenvalue weighted by Crippen LogP contribution is -2.33. The second-order valence-electron chi connectivity index (χ2n) is 5.11. The van der Waals surface area contributed by atoms with Gasteiger partial charge in [0, 0.05) is 38.4 Å². The van der Waals surface area contributed by atoms with E-state index in [4.69, 9.17) is 4.74 Å². The zero-order valence-electron chi connectivity index (χ0n) is 13.3. The number of hydrogen-bond donors (Lipinski definition) is 1. The Kier molecular flexibility index (Phi) is 5.32. The van der Waals surface area contributed by atoms with Crippen LogP contribution >= 0.6 is 0 Å². The molecule has 0 aliphatic heterocycles. The molecular formula is C15H22N4O3. The van der Waals surface area contributed by atoms with Crippen LogP contribution in [0.25, 0.3) is 10.9 Å². The molecule has 7 nitrogen and oxygen atoms in total. The minimum atomic E-state index is -0.188. The highest BCUT2D eigenvalue weighted by molar-refractivity contribution is 5.81. The van der Waals surface area contributed by atoms with Crippen molar-refractivity contribution in [3.05, 3.63) is 28.3 Å². The Morgan fingerprint density at radius 1 is 1.45 bits per heavy atom. The number of rotatable bonds is 7. The molecule has 1 amide bonds. The fraction of sp³-hybridized carbons (Fsp3) is 0.533. The Morgan fingerprint density at radius 2 is 2.23 bits per heavy atom. The lowest BCUT2D eigenvalue weighted by Gasteiger charge is -2.08. The summed E-state index contributed by atoms with van der Waals surface area (Å²) in [5, 5.41) is 7.96. The van der Waals surface area contributed by atoms with E-state index in [1.807, 2.05) is 19.9 Å². The van der Waals surface area contributed by atoms with E-state index >= 15 is 0 Å². The lowest BCUT2D eigenvalue weighted by molar-refractivity contribution is -0.121. The minimum Gasteiger partial charge on any atom is -0.385 e. The van der Waals surface area contributed by atoms with Gasteiger partial charge >= 0.3 is 0 Å². The molecule has 0 atom stereocenters. The molecule has 0 unspecified atom stereocenters. The van der Waals surface area contributed by atoms with E-state index in [0.29, 0.717) is 25.2 Å². The molecule has 2 rings (SSSR count). The summed E-state index contributed by atoms with van der Waals surface area (Å²) in [5.41, 5.74) is 1.19. The van der Waals surface area contributed by atoms with Crippen LogP contribution in [0.2, 0.25) is 0 Å². The van der Waals surface area contributed by atoms with Crippen molar-refractivity contribution in [2.24, 2.45) is 0 Å². The number of amides is 1. The van der Waals surface area contributed by atoms with Gasteiger partial charge < -0.3 is 14.6 Å². The maximum absolute atomic E-state index is 12.5. The predicted octanol–water partition coefficient (Wildman–Crippen LogP) is 0.679. The van der Waals surface area contributed by atoms with Gasteiger partial charge in [-0.1, -0.05) is 0 Å². The molecule has 120 valence electrons. The van der Waals surface area contributed by atoms with Crippen LogP contribution in [0.4, 0.5) is 0 Å². The second-order valence-corrected chi connectivity index (χ2v) is 5.11. The molecule has 0 fully saturated rings. The fourth-order valence-electron chi connectivity index (χ4n) is 2.40. The van der Waals surface area contributed by atoms with Gasteiger partial charge in [0.2, 0.25) is 5.91 Å². The first-order valence-electron chi connectivity index (χ1n) is 7.40. The van der Waals surface area contributed by atoms with E-state index in [0.717, 1.165) is 17.5 Å². The lowest BCUT2D eigenvalue weighted by atomic mass is 10.2. The first-order valence-corrected chi connectivity index (χ1v) is 7.40. The van der Waals surface area contributed by atoms with Crippen LogP contribution in [-0.2, 0) is 22.6 Å². The van der Waals surface area contributed by atoms with Crippen LogP contribution < -0.4 is 10.9 Å². The fourth-order valence-corrected chi connectivity index (χ4v) is 2.40. The number of nitrogens with zero attached hydrogens (tertiary/aromatic N) is 3. The van der Waals surface area contributed by atoms with Gasteiger partial charge in [-0.3, -0.25) is 14.3 Å². The topological polar surface area (TPSA) is 78.2 Å². The number of methoxy groups -OCH3 is 1. The van der Waals surface area contributed by atoms with Gasteiger partial charge in [-0.05, 0) is 26.3 Å². The summed E-state index contributed by atoms with van der Waals surface area (Å²) < 4.78 is 8.02. The van der Waals surface area contributed by atoms with Crippen molar-refractivity contribution >= 4 is 16.8 Å². The third-order valence-corrected chi connectivity index (χ3v) is 3.52. The molecule has 2 heterocycles. The van der Waals surface area contributed by atoms with Crippen molar-refractivity contribution in [2.75, 3.05) is 20.3 Å².